The number of nitrogens with zero attached hydrogens (tertiary/aromatic N) is 2. The van der Waals surface area contributed by atoms with Gasteiger partial charge in [0.05, 0.1) is 21.4 Å². The van der Waals surface area contributed by atoms with Crippen LogP contribution in [0.1, 0.15) is 18.0 Å². The van der Waals surface area contributed by atoms with Gasteiger partial charge in [0.2, 0.25) is 0 Å². The van der Waals surface area contributed by atoms with Gasteiger partial charge >= 0.3 is 0 Å². The molecule has 4 nitrogen and oxygen atoms in total. The molecule has 0 unspecified atom stereocenters. The highest BCUT2D eigenvalue weighted by Gasteiger charge is 2.23. The Hall–Kier alpha value is -0.610. The van der Waals surface area contributed by atoms with Crippen molar-refractivity contribution in [1.82, 2.24) is 10.2 Å². The second-order valence-electron chi connectivity index (χ2n) is 4.50. The lowest BCUT2D eigenvalue weighted by Crippen LogP contribution is -2.45. The van der Waals surface area contributed by atoms with E-state index in [-0.39, 0.29) is 11.8 Å². The Balaban J connectivity index is 2.30. The van der Waals surface area contributed by atoms with Crippen LogP contribution < -0.4 is 5.32 Å². The molecule has 0 bridgehead atoms. The van der Waals surface area contributed by atoms with E-state index in [1.807, 2.05) is 12.1 Å². The lowest BCUT2D eigenvalue weighted by molar-refractivity contribution is 0.175. The summed E-state index contributed by atoms with van der Waals surface area (Å²) < 4.78 is 1.30. The highest BCUT2D eigenvalue weighted by molar-refractivity contribution is 9.11. The molecule has 0 spiro atoms. The summed E-state index contributed by atoms with van der Waals surface area (Å²) in [5, 5.41) is 22.1. The lowest BCUT2D eigenvalue weighted by Gasteiger charge is -2.34. The Morgan fingerprint density at radius 1 is 1.32 bits per heavy atom. The predicted octanol–water partition coefficient (Wildman–Crippen LogP) is 2.78. The van der Waals surface area contributed by atoms with Gasteiger partial charge in [-0.2, -0.15) is 5.26 Å². The van der Waals surface area contributed by atoms with Crippen LogP contribution in [0.5, 0.6) is 5.75 Å². The molecule has 0 radical (unpaired) electrons. The third-order valence-corrected chi connectivity index (χ3v) is 4.51. The van der Waals surface area contributed by atoms with Crippen LogP contribution in [0.15, 0.2) is 21.1 Å². The molecule has 19 heavy (non-hydrogen) atoms. The van der Waals surface area contributed by atoms with Gasteiger partial charge in [0.1, 0.15) is 5.75 Å². The number of hydrogen-bond acceptors (Lipinski definition) is 4. The van der Waals surface area contributed by atoms with E-state index in [0.29, 0.717) is 15.4 Å². The molecule has 0 saturated carbocycles. The first-order valence-electron chi connectivity index (χ1n) is 6.13. The molecule has 0 amide bonds. The number of aromatic hydroxyl groups is 1. The normalized spacial score (nSPS) is 17.9. The van der Waals surface area contributed by atoms with Crippen molar-refractivity contribution < 1.29 is 5.11 Å². The van der Waals surface area contributed by atoms with E-state index in [1.165, 1.54) is 0 Å². The lowest BCUT2D eigenvalue weighted by atomic mass is 10.0. The Kier molecular flexibility index (Phi) is 5.22. The van der Waals surface area contributed by atoms with Gasteiger partial charge in [-0.1, -0.05) is 0 Å². The summed E-state index contributed by atoms with van der Waals surface area (Å²) in [7, 11) is 0. The maximum Gasteiger partial charge on any atom is 0.143 e. The zero-order valence-corrected chi connectivity index (χ0v) is 13.5. The van der Waals surface area contributed by atoms with Crippen LogP contribution in [-0.2, 0) is 0 Å². The van der Waals surface area contributed by atoms with E-state index >= 15 is 0 Å². The molecule has 0 aromatic heterocycles. The molecule has 1 aromatic carbocycles. The Labute approximate surface area is 129 Å². The topological polar surface area (TPSA) is 59.3 Å². The van der Waals surface area contributed by atoms with Crippen molar-refractivity contribution in [3.05, 3.63) is 26.6 Å². The third-order valence-electron chi connectivity index (χ3n) is 3.30. The van der Waals surface area contributed by atoms with E-state index in [2.05, 4.69) is 48.1 Å². The zero-order chi connectivity index (χ0) is 13.8. The summed E-state index contributed by atoms with van der Waals surface area (Å²) in [5.74, 6) is 0.194. The third kappa shape index (κ3) is 3.48. The fourth-order valence-corrected chi connectivity index (χ4v) is 3.54. The van der Waals surface area contributed by atoms with E-state index < -0.39 is 0 Å². The summed E-state index contributed by atoms with van der Waals surface area (Å²) in [6.07, 6.45) is 0.448. The average Bonchev–Trinajstić information content (AvgIpc) is 2.42. The molecule has 2 rings (SSSR count). The Morgan fingerprint density at radius 2 is 1.89 bits per heavy atom. The van der Waals surface area contributed by atoms with E-state index in [1.54, 1.807) is 0 Å². The van der Waals surface area contributed by atoms with E-state index in [0.717, 1.165) is 31.7 Å². The van der Waals surface area contributed by atoms with Crippen LogP contribution in [0.25, 0.3) is 0 Å². The first-order chi connectivity index (χ1) is 9.13. The minimum Gasteiger partial charge on any atom is -0.506 e. The smallest absolute Gasteiger partial charge is 0.143 e. The molecule has 1 aliphatic rings. The summed E-state index contributed by atoms with van der Waals surface area (Å²) >= 11 is 6.69. The van der Waals surface area contributed by atoms with Crippen LogP contribution in [0.4, 0.5) is 0 Å². The predicted molar refractivity (Wildman–Crippen MR) is 80.9 cm³/mol. The van der Waals surface area contributed by atoms with Crippen LogP contribution >= 0.6 is 31.9 Å². The molecule has 102 valence electrons. The minimum absolute atomic E-state index is 0.0697. The second-order valence-corrected chi connectivity index (χ2v) is 6.21. The van der Waals surface area contributed by atoms with Crippen molar-refractivity contribution in [2.24, 2.45) is 0 Å². The van der Waals surface area contributed by atoms with Crippen LogP contribution in [-0.4, -0.2) is 36.2 Å². The van der Waals surface area contributed by atoms with Gasteiger partial charge in [0, 0.05) is 32.2 Å². The number of rotatable bonds is 3. The van der Waals surface area contributed by atoms with Crippen molar-refractivity contribution in [3.8, 4) is 11.8 Å². The fourth-order valence-electron chi connectivity index (χ4n) is 2.32. The number of halogens is 2. The molecular formula is C13H15Br2N3O. The molecule has 2 N–H and O–H groups in total. The highest BCUT2D eigenvalue weighted by atomic mass is 79.9. The Bertz CT molecular complexity index is 472. The molecule has 1 atom stereocenters. The van der Waals surface area contributed by atoms with Gasteiger partial charge in [0.25, 0.3) is 0 Å². The van der Waals surface area contributed by atoms with E-state index in [4.69, 9.17) is 5.26 Å². The van der Waals surface area contributed by atoms with Crippen LogP contribution in [0.3, 0.4) is 0 Å². The van der Waals surface area contributed by atoms with Crippen molar-refractivity contribution >= 4 is 31.9 Å². The molecule has 1 fully saturated rings. The summed E-state index contributed by atoms with van der Waals surface area (Å²) in [6.45, 7) is 3.76. The quantitative estimate of drug-likeness (QED) is 0.835. The van der Waals surface area contributed by atoms with Crippen molar-refractivity contribution in [1.29, 1.82) is 5.26 Å². The minimum atomic E-state index is 0.0697. The number of piperazine rings is 1. The van der Waals surface area contributed by atoms with Gasteiger partial charge in [0.15, 0.2) is 0 Å². The fraction of sp³-hybridized carbons (Fsp3) is 0.462. The van der Waals surface area contributed by atoms with Crippen molar-refractivity contribution in [3.63, 3.8) is 0 Å². The maximum absolute atomic E-state index is 9.77. The number of phenols is 1. The zero-order valence-electron chi connectivity index (χ0n) is 10.4. The molecule has 0 aliphatic carbocycles. The molecule has 1 heterocycles. The molecule has 1 saturated heterocycles. The second kappa shape index (κ2) is 6.71. The maximum atomic E-state index is 9.77. The molecular weight excluding hydrogens is 374 g/mol. The standard InChI is InChI=1S/C13H15Br2N3O/c14-10-7-9(8-11(15)13(10)19)12(1-2-16)18-5-3-17-4-6-18/h7-8,12,17,19H,1,3-6H2/t12-/m0/s1. The van der Waals surface area contributed by atoms with Crippen LogP contribution in [0, 0.1) is 11.3 Å². The summed E-state index contributed by atoms with van der Waals surface area (Å²) in [5.41, 5.74) is 1.04. The van der Waals surface area contributed by atoms with Crippen molar-refractivity contribution in [2.75, 3.05) is 26.2 Å². The number of benzene rings is 1. The van der Waals surface area contributed by atoms with Crippen molar-refractivity contribution in [2.45, 2.75) is 12.5 Å². The first-order valence-corrected chi connectivity index (χ1v) is 7.71. The van der Waals surface area contributed by atoms with Gasteiger partial charge in [-0.25, -0.2) is 0 Å². The molecule has 1 aliphatic heterocycles. The van der Waals surface area contributed by atoms with Crippen LogP contribution in [0.2, 0.25) is 0 Å². The first kappa shape index (κ1) is 14.8. The molecule has 6 heteroatoms. The molecule has 1 aromatic rings. The number of nitriles is 1. The van der Waals surface area contributed by atoms with Gasteiger partial charge in [-0.15, -0.1) is 0 Å². The SMILES string of the molecule is N#CC[C@@H](c1cc(Br)c(O)c(Br)c1)N1CCNCC1. The number of phenolic OH excluding ortho intramolecular Hbond substituents is 1. The Morgan fingerprint density at radius 3 is 2.42 bits per heavy atom. The van der Waals surface area contributed by atoms with Gasteiger partial charge in [-0.05, 0) is 49.6 Å². The van der Waals surface area contributed by atoms with Gasteiger partial charge in [-0.3, -0.25) is 4.90 Å². The average molecular weight is 389 g/mol. The number of hydrogen-bond donors (Lipinski definition) is 2. The van der Waals surface area contributed by atoms with E-state index in [9.17, 15) is 5.11 Å². The highest BCUT2D eigenvalue weighted by Crippen LogP contribution is 2.37. The number of nitrogens with one attached hydrogen (secondary N) is 1. The largest absolute Gasteiger partial charge is 0.506 e. The summed E-state index contributed by atoms with van der Waals surface area (Å²) in [6, 6.07) is 6.12. The summed E-state index contributed by atoms with van der Waals surface area (Å²) in [4.78, 5) is 2.31. The monoisotopic (exact) mass is 387 g/mol. The van der Waals surface area contributed by atoms with Gasteiger partial charge < -0.3 is 10.4 Å².